The number of benzene rings is 1. The van der Waals surface area contributed by atoms with Crippen LogP contribution in [-0.2, 0) is 0 Å². The first-order valence-electron chi connectivity index (χ1n) is 6.09. The van der Waals surface area contributed by atoms with Gasteiger partial charge in [0, 0.05) is 11.0 Å². The second-order valence-corrected chi connectivity index (χ2v) is 6.07. The van der Waals surface area contributed by atoms with E-state index in [0.29, 0.717) is 12.1 Å². The van der Waals surface area contributed by atoms with Crippen LogP contribution in [0.3, 0.4) is 0 Å². The number of carbonyl (C=O) groups is 1. The van der Waals surface area contributed by atoms with Gasteiger partial charge in [0.15, 0.2) is 0 Å². The number of rotatable bonds is 4. The summed E-state index contributed by atoms with van der Waals surface area (Å²) >= 11 is 3.42. The van der Waals surface area contributed by atoms with Gasteiger partial charge in [-0.25, -0.2) is 0 Å². The van der Waals surface area contributed by atoms with E-state index in [1.807, 2.05) is 32.0 Å². The molecule has 108 valence electrons. The van der Waals surface area contributed by atoms with Crippen LogP contribution in [0.5, 0.6) is 0 Å². The van der Waals surface area contributed by atoms with Crippen LogP contribution in [0.1, 0.15) is 36.7 Å². The Morgan fingerprint density at radius 1 is 1.47 bits per heavy atom. The normalized spacial score (nSPS) is 13.6. The molecule has 1 unspecified atom stereocenters. The van der Waals surface area contributed by atoms with Crippen LogP contribution in [0.15, 0.2) is 22.7 Å². The minimum Gasteiger partial charge on any atom is -0.345 e. The van der Waals surface area contributed by atoms with Crippen LogP contribution in [0.2, 0.25) is 0 Å². The molecule has 0 aromatic heterocycles. The SMILES string of the molecule is Cc1ccc(C(=O)NC(C)(CN)C(C)C)c(Br)c1.Cl. The number of amides is 1. The minimum atomic E-state index is -0.387. The summed E-state index contributed by atoms with van der Waals surface area (Å²) in [6.45, 7) is 8.48. The fourth-order valence-electron chi connectivity index (χ4n) is 1.56. The zero-order chi connectivity index (χ0) is 13.9. The molecule has 0 aliphatic carbocycles. The van der Waals surface area contributed by atoms with E-state index < -0.39 is 0 Å². The van der Waals surface area contributed by atoms with Crippen LogP contribution >= 0.6 is 28.3 Å². The van der Waals surface area contributed by atoms with E-state index in [9.17, 15) is 4.79 Å². The number of hydrogen-bond acceptors (Lipinski definition) is 2. The van der Waals surface area contributed by atoms with Gasteiger partial charge in [-0.3, -0.25) is 4.79 Å². The molecule has 0 saturated heterocycles. The number of nitrogens with two attached hydrogens (primary N) is 1. The number of aryl methyl sites for hydroxylation is 1. The number of hydrogen-bond donors (Lipinski definition) is 2. The van der Waals surface area contributed by atoms with Crippen molar-refractivity contribution in [2.75, 3.05) is 6.54 Å². The Morgan fingerprint density at radius 2 is 2.05 bits per heavy atom. The van der Waals surface area contributed by atoms with E-state index in [1.54, 1.807) is 0 Å². The van der Waals surface area contributed by atoms with Crippen LogP contribution in [0, 0.1) is 12.8 Å². The Hall–Kier alpha value is -0.580. The van der Waals surface area contributed by atoms with Crippen molar-refractivity contribution in [1.29, 1.82) is 0 Å². The van der Waals surface area contributed by atoms with Gasteiger partial charge in [-0.2, -0.15) is 0 Å². The van der Waals surface area contributed by atoms with Gasteiger partial charge in [0.25, 0.3) is 5.91 Å². The standard InChI is InChI=1S/C14H21BrN2O.ClH/c1-9(2)14(4,8-16)17-13(18)11-6-5-10(3)7-12(11)15;/h5-7,9H,8,16H2,1-4H3,(H,17,18);1H. The molecular formula is C14H22BrClN2O. The molecule has 0 saturated carbocycles. The van der Waals surface area contributed by atoms with E-state index in [4.69, 9.17) is 5.73 Å². The Morgan fingerprint density at radius 3 is 2.47 bits per heavy atom. The summed E-state index contributed by atoms with van der Waals surface area (Å²) in [7, 11) is 0. The highest BCUT2D eigenvalue weighted by Gasteiger charge is 2.29. The van der Waals surface area contributed by atoms with Crippen molar-refractivity contribution in [2.45, 2.75) is 33.2 Å². The van der Waals surface area contributed by atoms with Crippen molar-refractivity contribution < 1.29 is 4.79 Å². The van der Waals surface area contributed by atoms with Crippen LogP contribution in [0.25, 0.3) is 0 Å². The lowest BCUT2D eigenvalue weighted by Gasteiger charge is -2.33. The maximum absolute atomic E-state index is 12.3. The van der Waals surface area contributed by atoms with Crippen LogP contribution in [0.4, 0.5) is 0 Å². The molecular weight excluding hydrogens is 328 g/mol. The lowest BCUT2D eigenvalue weighted by Crippen LogP contribution is -2.55. The first kappa shape index (κ1) is 18.4. The van der Waals surface area contributed by atoms with Crippen molar-refractivity contribution in [3.63, 3.8) is 0 Å². The molecule has 0 bridgehead atoms. The minimum absolute atomic E-state index is 0. The largest absolute Gasteiger partial charge is 0.345 e. The van der Waals surface area contributed by atoms with E-state index >= 15 is 0 Å². The molecule has 1 atom stereocenters. The quantitative estimate of drug-likeness (QED) is 0.876. The van der Waals surface area contributed by atoms with Gasteiger partial charge in [0.1, 0.15) is 0 Å². The maximum Gasteiger partial charge on any atom is 0.252 e. The lowest BCUT2D eigenvalue weighted by molar-refractivity contribution is 0.0882. The third-order valence-corrected chi connectivity index (χ3v) is 4.12. The molecule has 0 heterocycles. The summed E-state index contributed by atoms with van der Waals surface area (Å²) in [6.07, 6.45) is 0. The van der Waals surface area contributed by atoms with E-state index in [1.165, 1.54) is 0 Å². The molecule has 1 amide bonds. The fourth-order valence-corrected chi connectivity index (χ4v) is 2.24. The Bertz CT molecular complexity index is 451. The fraction of sp³-hybridized carbons (Fsp3) is 0.500. The number of halogens is 2. The molecule has 0 aliphatic heterocycles. The molecule has 0 radical (unpaired) electrons. The summed E-state index contributed by atoms with van der Waals surface area (Å²) in [5.41, 5.74) is 7.14. The van der Waals surface area contributed by atoms with Gasteiger partial charge in [0.05, 0.1) is 11.1 Å². The topological polar surface area (TPSA) is 55.1 Å². The first-order chi connectivity index (χ1) is 8.30. The van der Waals surface area contributed by atoms with Gasteiger partial charge < -0.3 is 11.1 Å². The zero-order valence-corrected chi connectivity index (χ0v) is 14.2. The van der Waals surface area contributed by atoms with Crippen LogP contribution < -0.4 is 11.1 Å². The molecule has 0 spiro atoms. The van der Waals surface area contributed by atoms with Crippen LogP contribution in [-0.4, -0.2) is 18.0 Å². The molecule has 3 nitrogen and oxygen atoms in total. The summed E-state index contributed by atoms with van der Waals surface area (Å²) < 4.78 is 0.808. The third kappa shape index (κ3) is 4.48. The van der Waals surface area contributed by atoms with Gasteiger partial charge >= 0.3 is 0 Å². The summed E-state index contributed by atoms with van der Waals surface area (Å²) in [5.74, 6) is 0.180. The summed E-state index contributed by atoms with van der Waals surface area (Å²) in [5, 5.41) is 3.03. The Kier molecular flexibility index (Phi) is 7.05. The summed E-state index contributed by atoms with van der Waals surface area (Å²) in [4.78, 5) is 12.3. The Balaban J connectivity index is 0.00000324. The van der Waals surface area contributed by atoms with E-state index in [0.717, 1.165) is 10.0 Å². The summed E-state index contributed by atoms with van der Waals surface area (Å²) in [6, 6.07) is 5.69. The van der Waals surface area contributed by atoms with Gasteiger partial charge in [-0.05, 0) is 53.4 Å². The second-order valence-electron chi connectivity index (χ2n) is 5.21. The molecule has 0 fully saturated rings. The highest BCUT2D eigenvalue weighted by atomic mass is 79.9. The van der Waals surface area contributed by atoms with Crippen molar-refractivity contribution in [1.82, 2.24) is 5.32 Å². The monoisotopic (exact) mass is 348 g/mol. The molecule has 1 rings (SSSR count). The molecule has 5 heteroatoms. The highest BCUT2D eigenvalue weighted by Crippen LogP contribution is 2.21. The van der Waals surface area contributed by atoms with Crippen molar-refractivity contribution in [3.8, 4) is 0 Å². The molecule has 3 N–H and O–H groups in total. The highest BCUT2D eigenvalue weighted by molar-refractivity contribution is 9.10. The van der Waals surface area contributed by atoms with Gasteiger partial charge in [-0.1, -0.05) is 19.9 Å². The number of carbonyl (C=O) groups excluding carboxylic acids is 1. The lowest BCUT2D eigenvalue weighted by atomic mass is 9.88. The predicted molar refractivity (Wildman–Crippen MR) is 85.9 cm³/mol. The first-order valence-corrected chi connectivity index (χ1v) is 6.88. The molecule has 19 heavy (non-hydrogen) atoms. The molecule has 0 aliphatic rings. The smallest absolute Gasteiger partial charge is 0.252 e. The van der Waals surface area contributed by atoms with Crippen molar-refractivity contribution >= 4 is 34.2 Å². The Labute approximate surface area is 129 Å². The van der Waals surface area contributed by atoms with E-state index in [-0.39, 0.29) is 29.8 Å². The van der Waals surface area contributed by atoms with Crippen molar-refractivity contribution in [2.24, 2.45) is 11.7 Å². The maximum atomic E-state index is 12.3. The predicted octanol–water partition coefficient (Wildman–Crippen LogP) is 3.28. The van der Waals surface area contributed by atoms with Gasteiger partial charge in [-0.15, -0.1) is 12.4 Å². The second kappa shape index (κ2) is 7.27. The van der Waals surface area contributed by atoms with Gasteiger partial charge in [0.2, 0.25) is 0 Å². The van der Waals surface area contributed by atoms with Crippen molar-refractivity contribution in [3.05, 3.63) is 33.8 Å². The third-order valence-electron chi connectivity index (χ3n) is 3.47. The average molecular weight is 350 g/mol. The van der Waals surface area contributed by atoms with E-state index in [2.05, 4.69) is 35.1 Å². The molecule has 1 aromatic carbocycles. The average Bonchev–Trinajstić information content (AvgIpc) is 2.28. The number of nitrogens with one attached hydrogen (secondary N) is 1. The zero-order valence-electron chi connectivity index (χ0n) is 11.8. The molecule has 1 aromatic rings.